The molecule has 3 aromatic rings. The molecule has 6 heteroatoms. The summed E-state index contributed by atoms with van der Waals surface area (Å²) in [5.41, 5.74) is 4.36. The van der Waals surface area contributed by atoms with E-state index in [1.165, 1.54) is 12.8 Å². The summed E-state index contributed by atoms with van der Waals surface area (Å²) in [7, 11) is 3.66. The minimum absolute atomic E-state index is 0.620. The third-order valence-electron chi connectivity index (χ3n) is 5.59. The van der Waals surface area contributed by atoms with Gasteiger partial charge >= 0.3 is 0 Å². The van der Waals surface area contributed by atoms with Crippen LogP contribution < -0.4 is 15.0 Å². The van der Waals surface area contributed by atoms with Crippen LogP contribution in [-0.2, 0) is 0 Å². The van der Waals surface area contributed by atoms with E-state index in [1.807, 2.05) is 25.4 Å². The quantitative estimate of drug-likeness (QED) is 0.735. The van der Waals surface area contributed by atoms with Crippen molar-refractivity contribution in [3.63, 3.8) is 0 Å². The molecule has 0 unspecified atom stereocenters. The van der Waals surface area contributed by atoms with Gasteiger partial charge in [-0.15, -0.1) is 0 Å². The maximum absolute atomic E-state index is 5.18. The van der Waals surface area contributed by atoms with Crippen molar-refractivity contribution in [2.75, 3.05) is 38.7 Å². The number of piperidine rings is 1. The standard InChI is InChI=1S/C22H27N5O/c1-15-10-18(17-4-5-20(28-3)24-13-17)11-19-21(15)25-14-26-22(19)27-8-6-16(7-9-27)12-23-2/h4-5,10-11,13-14,16,23H,6-9,12H2,1-3H3. The summed E-state index contributed by atoms with van der Waals surface area (Å²) in [6, 6.07) is 8.30. The maximum Gasteiger partial charge on any atom is 0.212 e. The molecule has 0 saturated carbocycles. The molecular formula is C22H27N5O. The third-order valence-corrected chi connectivity index (χ3v) is 5.59. The first-order chi connectivity index (χ1) is 13.7. The zero-order chi connectivity index (χ0) is 19.5. The molecule has 1 fully saturated rings. The van der Waals surface area contributed by atoms with E-state index in [4.69, 9.17) is 4.74 Å². The van der Waals surface area contributed by atoms with Crippen molar-refractivity contribution in [1.29, 1.82) is 0 Å². The Hall–Kier alpha value is -2.73. The summed E-state index contributed by atoms with van der Waals surface area (Å²) in [5.74, 6) is 2.41. The number of nitrogens with one attached hydrogen (secondary N) is 1. The highest BCUT2D eigenvalue weighted by molar-refractivity contribution is 5.95. The van der Waals surface area contributed by atoms with Crippen LogP contribution >= 0.6 is 0 Å². The Labute approximate surface area is 166 Å². The minimum Gasteiger partial charge on any atom is -0.481 e. The molecule has 6 nitrogen and oxygen atoms in total. The first-order valence-corrected chi connectivity index (χ1v) is 9.85. The molecule has 0 radical (unpaired) electrons. The second-order valence-corrected chi connectivity index (χ2v) is 7.46. The molecule has 146 valence electrons. The van der Waals surface area contributed by atoms with Gasteiger partial charge < -0.3 is 15.0 Å². The van der Waals surface area contributed by atoms with Crippen LogP contribution in [0.25, 0.3) is 22.0 Å². The Balaban J connectivity index is 1.71. The first-order valence-electron chi connectivity index (χ1n) is 9.85. The molecule has 1 saturated heterocycles. The number of pyridine rings is 1. The van der Waals surface area contributed by atoms with Gasteiger partial charge in [0.25, 0.3) is 0 Å². The van der Waals surface area contributed by atoms with Crippen LogP contribution in [0.3, 0.4) is 0 Å². The molecule has 0 amide bonds. The van der Waals surface area contributed by atoms with Crippen molar-refractivity contribution in [3.8, 4) is 17.0 Å². The van der Waals surface area contributed by atoms with Crippen LogP contribution in [0.4, 0.5) is 5.82 Å². The van der Waals surface area contributed by atoms with Gasteiger partial charge in [-0.05, 0) is 68.6 Å². The summed E-state index contributed by atoms with van der Waals surface area (Å²) in [5, 5.41) is 4.42. The topological polar surface area (TPSA) is 63.2 Å². The minimum atomic E-state index is 0.620. The van der Waals surface area contributed by atoms with E-state index >= 15 is 0 Å². The number of hydrogen-bond acceptors (Lipinski definition) is 6. The van der Waals surface area contributed by atoms with Crippen LogP contribution in [0.2, 0.25) is 0 Å². The van der Waals surface area contributed by atoms with Gasteiger partial charge in [0.15, 0.2) is 0 Å². The fourth-order valence-corrected chi connectivity index (χ4v) is 4.06. The van der Waals surface area contributed by atoms with Crippen molar-refractivity contribution in [1.82, 2.24) is 20.3 Å². The van der Waals surface area contributed by atoms with Gasteiger partial charge in [0.1, 0.15) is 12.1 Å². The molecule has 28 heavy (non-hydrogen) atoms. The molecule has 1 aromatic carbocycles. The summed E-state index contributed by atoms with van der Waals surface area (Å²) in [6.45, 7) is 5.27. The molecule has 1 aliphatic heterocycles. The first kappa shape index (κ1) is 18.6. The number of fused-ring (bicyclic) bond motifs is 1. The molecule has 2 aromatic heterocycles. The molecule has 0 bridgehead atoms. The summed E-state index contributed by atoms with van der Waals surface area (Å²) in [6.07, 6.45) is 5.92. The lowest BCUT2D eigenvalue weighted by atomic mass is 9.96. The number of ether oxygens (including phenoxy) is 1. The average molecular weight is 377 g/mol. The van der Waals surface area contributed by atoms with Gasteiger partial charge in [0.2, 0.25) is 5.88 Å². The molecule has 4 rings (SSSR count). The number of aromatic nitrogens is 3. The summed E-state index contributed by atoms with van der Waals surface area (Å²) in [4.78, 5) is 16.0. The Bertz CT molecular complexity index is 949. The van der Waals surface area contributed by atoms with E-state index in [0.717, 1.165) is 59.0 Å². The number of aryl methyl sites for hydroxylation is 1. The largest absolute Gasteiger partial charge is 0.481 e. The molecule has 0 spiro atoms. The van der Waals surface area contributed by atoms with Gasteiger partial charge in [-0.3, -0.25) is 0 Å². The Kier molecular flexibility index (Phi) is 5.39. The lowest BCUT2D eigenvalue weighted by molar-refractivity contribution is 0.392. The Morgan fingerprint density at radius 3 is 2.61 bits per heavy atom. The van der Waals surface area contributed by atoms with Gasteiger partial charge in [0, 0.05) is 36.3 Å². The van der Waals surface area contributed by atoms with E-state index in [1.54, 1.807) is 13.4 Å². The van der Waals surface area contributed by atoms with Gasteiger partial charge in [-0.1, -0.05) is 0 Å². The Morgan fingerprint density at radius 1 is 1.11 bits per heavy atom. The summed E-state index contributed by atoms with van der Waals surface area (Å²) < 4.78 is 5.18. The molecule has 1 N–H and O–H groups in total. The Morgan fingerprint density at radius 2 is 1.93 bits per heavy atom. The normalized spacial score (nSPS) is 15.2. The molecular weight excluding hydrogens is 350 g/mol. The van der Waals surface area contributed by atoms with Crippen molar-refractivity contribution >= 4 is 16.7 Å². The number of rotatable bonds is 5. The number of methoxy groups -OCH3 is 1. The second kappa shape index (κ2) is 8.10. The average Bonchev–Trinajstić information content (AvgIpc) is 2.74. The number of benzene rings is 1. The van der Waals surface area contributed by atoms with Crippen LogP contribution in [-0.4, -0.2) is 48.7 Å². The number of hydrogen-bond donors (Lipinski definition) is 1. The SMILES string of the molecule is CNCC1CCN(c2ncnc3c(C)cc(-c4ccc(OC)nc4)cc23)CC1. The van der Waals surface area contributed by atoms with Gasteiger partial charge in [-0.2, -0.15) is 0 Å². The van der Waals surface area contributed by atoms with Crippen molar-refractivity contribution in [2.24, 2.45) is 5.92 Å². The van der Waals surface area contributed by atoms with Crippen molar-refractivity contribution < 1.29 is 4.74 Å². The lowest BCUT2D eigenvalue weighted by Gasteiger charge is -2.33. The van der Waals surface area contributed by atoms with E-state index < -0.39 is 0 Å². The van der Waals surface area contributed by atoms with Crippen LogP contribution in [0.15, 0.2) is 36.8 Å². The monoisotopic (exact) mass is 377 g/mol. The molecule has 3 heterocycles. The number of nitrogens with zero attached hydrogens (tertiary/aromatic N) is 4. The highest BCUT2D eigenvalue weighted by Gasteiger charge is 2.22. The van der Waals surface area contributed by atoms with E-state index in [2.05, 4.69) is 44.2 Å². The van der Waals surface area contributed by atoms with E-state index in [9.17, 15) is 0 Å². The fraction of sp³-hybridized carbons (Fsp3) is 0.409. The third kappa shape index (κ3) is 3.64. The highest BCUT2D eigenvalue weighted by Crippen LogP contribution is 2.33. The van der Waals surface area contributed by atoms with Crippen LogP contribution in [0.1, 0.15) is 18.4 Å². The predicted molar refractivity (Wildman–Crippen MR) is 113 cm³/mol. The summed E-state index contributed by atoms with van der Waals surface area (Å²) >= 11 is 0. The highest BCUT2D eigenvalue weighted by atomic mass is 16.5. The molecule has 0 atom stereocenters. The fourth-order valence-electron chi connectivity index (χ4n) is 4.06. The maximum atomic E-state index is 5.18. The number of anilines is 1. The smallest absolute Gasteiger partial charge is 0.212 e. The van der Waals surface area contributed by atoms with Crippen molar-refractivity contribution in [2.45, 2.75) is 19.8 Å². The zero-order valence-corrected chi connectivity index (χ0v) is 16.8. The van der Waals surface area contributed by atoms with Gasteiger partial charge in [-0.25, -0.2) is 15.0 Å². The lowest BCUT2D eigenvalue weighted by Crippen LogP contribution is -2.37. The van der Waals surface area contributed by atoms with Crippen LogP contribution in [0.5, 0.6) is 5.88 Å². The molecule has 0 aliphatic carbocycles. The second-order valence-electron chi connectivity index (χ2n) is 7.46. The van der Waals surface area contributed by atoms with E-state index in [-0.39, 0.29) is 0 Å². The zero-order valence-electron chi connectivity index (χ0n) is 16.8. The predicted octanol–water partition coefficient (Wildman–Crippen LogP) is 3.44. The van der Waals surface area contributed by atoms with E-state index in [0.29, 0.717) is 5.88 Å². The molecule has 1 aliphatic rings. The van der Waals surface area contributed by atoms with Gasteiger partial charge in [0.05, 0.1) is 12.6 Å². The van der Waals surface area contributed by atoms with Crippen molar-refractivity contribution in [3.05, 3.63) is 42.4 Å². The van der Waals surface area contributed by atoms with Crippen LogP contribution in [0, 0.1) is 12.8 Å².